The molecule has 0 aromatic heterocycles. The van der Waals surface area contributed by atoms with E-state index in [9.17, 15) is 24.8 Å². The van der Waals surface area contributed by atoms with Crippen molar-refractivity contribution in [3.63, 3.8) is 0 Å². The third-order valence-corrected chi connectivity index (χ3v) is 5.83. The van der Waals surface area contributed by atoms with E-state index in [1.165, 1.54) is 39.7 Å². The van der Waals surface area contributed by atoms with Gasteiger partial charge in [-0.25, -0.2) is 9.59 Å². The number of allylic oxidation sites excluding steroid dienone is 1. The number of esters is 1. The van der Waals surface area contributed by atoms with Crippen molar-refractivity contribution in [3.8, 4) is 23.0 Å². The monoisotopic (exact) mass is 573 g/mol. The zero-order chi connectivity index (χ0) is 30.1. The van der Waals surface area contributed by atoms with E-state index in [0.717, 1.165) is 0 Å². The Kier molecular flexibility index (Phi) is 10.3. The number of nitro groups is 1. The molecule has 2 amide bonds. The number of hydrazone groups is 1. The Labute approximate surface area is 235 Å². The Balaban J connectivity index is 1.73. The van der Waals surface area contributed by atoms with Crippen molar-refractivity contribution in [2.45, 2.75) is 26.1 Å². The van der Waals surface area contributed by atoms with Gasteiger partial charge in [-0.05, 0) is 31.5 Å². The average molecular weight is 574 g/mol. The van der Waals surface area contributed by atoms with E-state index in [2.05, 4.69) is 21.2 Å². The van der Waals surface area contributed by atoms with Gasteiger partial charge in [0.25, 0.3) is 0 Å². The van der Waals surface area contributed by atoms with Crippen molar-refractivity contribution in [3.05, 3.63) is 62.8 Å². The quantitative estimate of drug-likeness (QED) is 0.0902. The SMILES string of the molecule is CCOc1cc([C@H]2NC(=O)NC(C)=C2C(=O)OC)ccc1OC[C@H](O)N/N=C\c1cc([N+](=O)[O-])c(OC)cc1OC. The summed E-state index contributed by atoms with van der Waals surface area (Å²) in [5.41, 5.74) is 3.60. The lowest BCUT2D eigenvalue weighted by molar-refractivity contribution is -0.385. The summed E-state index contributed by atoms with van der Waals surface area (Å²) in [4.78, 5) is 35.2. The lowest BCUT2D eigenvalue weighted by atomic mass is 9.95. The topological polar surface area (TPSA) is 192 Å². The number of benzene rings is 2. The Hall–Kier alpha value is -5.05. The van der Waals surface area contributed by atoms with Gasteiger partial charge in [-0.2, -0.15) is 5.10 Å². The van der Waals surface area contributed by atoms with Crippen LogP contribution < -0.4 is 35.0 Å². The lowest BCUT2D eigenvalue weighted by Gasteiger charge is -2.28. The number of urea groups is 1. The van der Waals surface area contributed by atoms with Crippen LogP contribution in [0.25, 0.3) is 0 Å². The molecule has 3 rings (SSSR count). The molecule has 1 aliphatic rings. The number of hydrogen-bond acceptors (Lipinski definition) is 12. The second-order valence-electron chi connectivity index (χ2n) is 8.44. The molecule has 0 saturated carbocycles. The van der Waals surface area contributed by atoms with Gasteiger partial charge in [-0.1, -0.05) is 6.07 Å². The first-order valence-corrected chi connectivity index (χ1v) is 12.3. The molecule has 41 heavy (non-hydrogen) atoms. The molecule has 0 unspecified atom stereocenters. The lowest BCUT2D eigenvalue weighted by Crippen LogP contribution is -2.45. The highest BCUT2D eigenvalue weighted by Gasteiger charge is 2.32. The maximum absolute atomic E-state index is 12.4. The van der Waals surface area contributed by atoms with Crippen LogP contribution in [0.15, 0.2) is 46.7 Å². The van der Waals surface area contributed by atoms with Crippen LogP contribution in [0.2, 0.25) is 0 Å². The normalized spacial score (nSPS) is 15.5. The number of aliphatic hydroxyl groups excluding tert-OH is 1. The summed E-state index contributed by atoms with van der Waals surface area (Å²) < 4.78 is 26.6. The third kappa shape index (κ3) is 7.33. The predicted octanol–water partition coefficient (Wildman–Crippen LogP) is 2.13. The molecule has 2 aromatic rings. The van der Waals surface area contributed by atoms with Crippen LogP contribution in [0.4, 0.5) is 10.5 Å². The Morgan fingerprint density at radius 2 is 1.88 bits per heavy atom. The fraction of sp³-hybridized carbons (Fsp3) is 0.346. The second-order valence-corrected chi connectivity index (χ2v) is 8.44. The van der Waals surface area contributed by atoms with E-state index in [0.29, 0.717) is 17.0 Å². The molecule has 0 spiro atoms. The molecule has 0 bridgehead atoms. The molecule has 0 aliphatic carbocycles. The zero-order valence-electron chi connectivity index (χ0n) is 23.0. The number of ether oxygens (including phenoxy) is 5. The maximum atomic E-state index is 12.4. The van der Waals surface area contributed by atoms with Gasteiger partial charge in [-0.3, -0.25) is 15.5 Å². The number of nitrogens with zero attached hydrogens (tertiary/aromatic N) is 2. The van der Waals surface area contributed by atoms with Gasteiger partial charge in [0.1, 0.15) is 12.4 Å². The van der Waals surface area contributed by atoms with Crippen molar-refractivity contribution in [1.29, 1.82) is 0 Å². The molecule has 0 saturated heterocycles. The molecule has 2 atom stereocenters. The van der Waals surface area contributed by atoms with Crippen LogP contribution in [0, 0.1) is 10.1 Å². The summed E-state index contributed by atoms with van der Waals surface area (Å²) in [5, 5.41) is 30.8. The van der Waals surface area contributed by atoms with Crippen LogP contribution in [-0.2, 0) is 9.53 Å². The van der Waals surface area contributed by atoms with E-state index in [1.807, 2.05) is 0 Å². The van der Waals surface area contributed by atoms with E-state index in [-0.39, 0.29) is 47.3 Å². The van der Waals surface area contributed by atoms with E-state index in [1.54, 1.807) is 32.0 Å². The van der Waals surface area contributed by atoms with Gasteiger partial charge in [0, 0.05) is 23.4 Å². The fourth-order valence-corrected chi connectivity index (χ4v) is 3.96. The summed E-state index contributed by atoms with van der Waals surface area (Å²) in [6.45, 7) is 3.41. The van der Waals surface area contributed by atoms with Gasteiger partial charge in [0.15, 0.2) is 17.7 Å². The van der Waals surface area contributed by atoms with Crippen molar-refractivity contribution in [2.24, 2.45) is 5.10 Å². The van der Waals surface area contributed by atoms with Gasteiger partial charge in [-0.15, -0.1) is 0 Å². The Bertz CT molecular complexity index is 1360. The summed E-state index contributed by atoms with van der Waals surface area (Å²) in [5.74, 6) is 0.293. The van der Waals surface area contributed by atoms with Gasteiger partial charge >= 0.3 is 17.7 Å². The molecule has 1 heterocycles. The average Bonchev–Trinajstić information content (AvgIpc) is 2.95. The minimum Gasteiger partial charge on any atom is -0.496 e. The van der Waals surface area contributed by atoms with E-state index < -0.39 is 29.2 Å². The summed E-state index contributed by atoms with van der Waals surface area (Å²) >= 11 is 0. The smallest absolute Gasteiger partial charge is 0.337 e. The summed E-state index contributed by atoms with van der Waals surface area (Å²) in [6, 6.07) is 6.16. The number of carbonyl (C=O) groups is 2. The van der Waals surface area contributed by atoms with E-state index in [4.69, 9.17) is 23.7 Å². The number of amides is 2. The molecule has 2 aromatic carbocycles. The number of methoxy groups -OCH3 is 3. The highest BCUT2D eigenvalue weighted by Crippen LogP contribution is 2.35. The molecular weight excluding hydrogens is 542 g/mol. The van der Waals surface area contributed by atoms with Crippen LogP contribution in [0.5, 0.6) is 23.0 Å². The van der Waals surface area contributed by atoms with E-state index >= 15 is 0 Å². The number of carbonyl (C=O) groups excluding carboxylic acids is 2. The zero-order valence-corrected chi connectivity index (χ0v) is 23.0. The number of hydrogen-bond donors (Lipinski definition) is 4. The minimum absolute atomic E-state index is 0.0247. The van der Waals surface area contributed by atoms with Gasteiger partial charge < -0.3 is 39.4 Å². The minimum atomic E-state index is -1.28. The van der Waals surface area contributed by atoms with Crippen LogP contribution >= 0.6 is 0 Å². The highest BCUT2D eigenvalue weighted by molar-refractivity contribution is 5.95. The van der Waals surface area contributed by atoms with Crippen molar-refractivity contribution in [1.82, 2.24) is 16.1 Å². The van der Waals surface area contributed by atoms with Crippen molar-refractivity contribution >= 4 is 23.9 Å². The first-order chi connectivity index (χ1) is 19.6. The first kappa shape index (κ1) is 30.5. The number of nitro benzene ring substituents is 1. The Morgan fingerprint density at radius 1 is 1.15 bits per heavy atom. The van der Waals surface area contributed by atoms with Crippen molar-refractivity contribution in [2.75, 3.05) is 34.5 Å². The molecule has 1 aliphatic heterocycles. The van der Waals surface area contributed by atoms with Gasteiger partial charge in [0.2, 0.25) is 5.75 Å². The standard InChI is InChI=1S/C26H31N5O10/c1-6-40-21-10-15(24-23(25(33)39-5)14(2)28-26(34)29-24)7-8-18(21)41-13-22(32)30-27-12-16-9-17(31(35)36)20(38-4)11-19(16)37-3/h7-12,22,24,30,32H,6,13H2,1-5H3,(H2,28,29,34)/b27-12-/t22-,24+/m0/s1. The van der Waals surface area contributed by atoms with Crippen LogP contribution in [0.3, 0.4) is 0 Å². The third-order valence-electron chi connectivity index (χ3n) is 5.83. The largest absolute Gasteiger partial charge is 0.496 e. The highest BCUT2D eigenvalue weighted by atomic mass is 16.6. The summed E-state index contributed by atoms with van der Waals surface area (Å²) in [7, 11) is 3.95. The number of rotatable bonds is 13. The number of aliphatic hydroxyl groups is 1. The van der Waals surface area contributed by atoms with Crippen LogP contribution in [-0.4, -0.2) is 69.0 Å². The van der Waals surface area contributed by atoms with Crippen LogP contribution in [0.1, 0.15) is 31.0 Å². The van der Waals surface area contributed by atoms with Crippen molar-refractivity contribution < 1.29 is 43.3 Å². The number of nitrogens with one attached hydrogen (secondary N) is 3. The van der Waals surface area contributed by atoms with Gasteiger partial charge in [0.05, 0.1) is 50.7 Å². The summed E-state index contributed by atoms with van der Waals surface area (Å²) in [6.07, 6.45) is -0.0313. The molecule has 0 radical (unpaired) electrons. The fourth-order valence-electron chi connectivity index (χ4n) is 3.96. The molecule has 4 N–H and O–H groups in total. The first-order valence-electron chi connectivity index (χ1n) is 12.3. The molecule has 15 nitrogen and oxygen atoms in total. The molecule has 220 valence electrons. The molecule has 15 heteroatoms. The maximum Gasteiger partial charge on any atom is 0.337 e. The second kappa shape index (κ2) is 13.8. The molecule has 0 fully saturated rings. The molecular formula is C26H31N5O10. The Morgan fingerprint density at radius 3 is 2.51 bits per heavy atom. The predicted molar refractivity (Wildman–Crippen MR) is 145 cm³/mol.